The summed E-state index contributed by atoms with van der Waals surface area (Å²) in [4.78, 5) is 14.6. The van der Waals surface area contributed by atoms with Crippen molar-refractivity contribution >= 4 is 11.8 Å². The average Bonchev–Trinajstić information content (AvgIpc) is 3.14. The normalized spacial score (nSPS) is 14.5. The lowest BCUT2D eigenvalue weighted by Gasteiger charge is -2.08. The van der Waals surface area contributed by atoms with E-state index < -0.39 is 11.8 Å². The van der Waals surface area contributed by atoms with Gasteiger partial charge in [-0.15, -0.1) is 0 Å². The third-order valence-electron chi connectivity index (χ3n) is 2.67. The lowest BCUT2D eigenvalue weighted by Crippen LogP contribution is -2.14. The average molecular weight is 254 g/mol. The lowest BCUT2D eigenvalue weighted by atomic mass is 10.2. The van der Waals surface area contributed by atoms with E-state index in [1.807, 2.05) is 0 Å². The van der Waals surface area contributed by atoms with Crippen molar-refractivity contribution in [2.75, 3.05) is 25.1 Å². The molecule has 1 aromatic rings. The van der Waals surface area contributed by atoms with Crippen LogP contribution in [0.4, 0.5) is 10.2 Å². The second kappa shape index (κ2) is 5.77. The topological polar surface area (TPSA) is 71.5 Å². The van der Waals surface area contributed by atoms with Gasteiger partial charge in [0, 0.05) is 13.2 Å². The molecule has 18 heavy (non-hydrogen) atoms. The Hall–Kier alpha value is -1.69. The number of anilines is 1. The highest BCUT2D eigenvalue weighted by Crippen LogP contribution is 2.28. The van der Waals surface area contributed by atoms with Gasteiger partial charge in [0.1, 0.15) is 17.2 Å². The summed E-state index contributed by atoms with van der Waals surface area (Å²) in [5.74, 6) is -1.01. The Morgan fingerprint density at radius 1 is 1.61 bits per heavy atom. The van der Waals surface area contributed by atoms with Crippen LogP contribution in [0.1, 0.15) is 23.2 Å². The first kappa shape index (κ1) is 12.8. The second-order valence-electron chi connectivity index (χ2n) is 4.30. The van der Waals surface area contributed by atoms with E-state index in [9.17, 15) is 9.18 Å². The summed E-state index contributed by atoms with van der Waals surface area (Å²) in [6.07, 6.45) is 3.45. The van der Waals surface area contributed by atoms with Gasteiger partial charge in [-0.2, -0.15) is 0 Å². The zero-order chi connectivity index (χ0) is 13.0. The molecule has 0 amide bonds. The molecule has 0 spiro atoms. The molecule has 0 aromatic carbocycles. The van der Waals surface area contributed by atoms with Crippen molar-refractivity contribution in [2.45, 2.75) is 12.8 Å². The molecule has 2 rings (SSSR count). The molecule has 0 bridgehead atoms. The number of aromatic carboxylic acids is 1. The fourth-order valence-electron chi connectivity index (χ4n) is 1.52. The number of carboxylic acids is 1. The molecule has 98 valence electrons. The number of hydrogen-bond acceptors (Lipinski definition) is 4. The lowest BCUT2D eigenvalue weighted by molar-refractivity contribution is 0.0697. The minimum atomic E-state index is -1.21. The van der Waals surface area contributed by atoms with Crippen LogP contribution in [-0.2, 0) is 4.74 Å². The van der Waals surface area contributed by atoms with Crippen molar-refractivity contribution in [3.63, 3.8) is 0 Å². The molecule has 0 aliphatic heterocycles. The molecule has 1 aliphatic carbocycles. The molecule has 2 N–H and O–H groups in total. The Morgan fingerprint density at radius 3 is 3.06 bits per heavy atom. The standard InChI is InChI=1S/C12H15FN2O3/c13-9-5-10(12(16)17)11(15-6-9)14-3-4-18-7-8-1-2-8/h5-6,8H,1-4,7H2,(H,14,15)(H,16,17). The minimum Gasteiger partial charge on any atom is -0.478 e. The number of hydrogen-bond donors (Lipinski definition) is 2. The summed E-state index contributed by atoms with van der Waals surface area (Å²) in [6.45, 7) is 1.69. The Morgan fingerprint density at radius 2 is 2.39 bits per heavy atom. The minimum absolute atomic E-state index is 0.166. The van der Waals surface area contributed by atoms with E-state index in [2.05, 4.69) is 10.3 Å². The van der Waals surface area contributed by atoms with Crippen molar-refractivity contribution in [1.29, 1.82) is 0 Å². The molecule has 0 radical (unpaired) electrons. The summed E-state index contributed by atoms with van der Waals surface area (Å²) in [6, 6.07) is 0.947. The Kier molecular flexibility index (Phi) is 4.09. The van der Waals surface area contributed by atoms with Gasteiger partial charge in [0.2, 0.25) is 0 Å². The van der Waals surface area contributed by atoms with Crippen molar-refractivity contribution in [1.82, 2.24) is 4.98 Å². The Labute approximate surface area is 104 Å². The van der Waals surface area contributed by atoms with Crippen LogP contribution >= 0.6 is 0 Å². The smallest absolute Gasteiger partial charge is 0.339 e. The highest BCUT2D eigenvalue weighted by Gasteiger charge is 2.20. The maximum Gasteiger partial charge on any atom is 0.339 e. The molecular formula is C12H15FN2O3. The molecule has 0 unspecified atom stereocenters. The Balaban J connectivity index is 1.81. The molecular weight excluding hydrogens is 239 g/mol. The maximum absolute atomic E-state index is 12.9. The largest absolute Gasteiger partial charge is 0.478 e. The van der Waals surface area contributed by atoms with Crippen LogP contribution in [0, 0.1) is 11.7 Å². The van der Waals surface area contributed by atoms with Gasteiger partial charge in [-0.1, -0.05) is 0 Å². The SMILES string of the molecule is O=C(O)c1cc(F)cnc1NCCOCC1CC1. The number of pyridine rings is 1. The van der Waals surface area contributed by atoms with Crippen LogP contribution in [0.25, 0.3) is 0 Å². The zero-order valence-corrected chi connectivity index (χ0v) is 9.86. The summed E-state index contributed by atoms with van der Waals surface area (Å²) < 4.78 is 18.3. The quantitative estimate of drug-likeness (QED) is 0.725. The first-order chi connectivity index (χ1) is 8.66. The van der Waals surface area contributed by atoms with Crippen LogP contribution in [0.15, 0.2) is 12.3 Å². The molecule has 1 heterocycles. The summed E-state index contributed by atoms with van der Waals surface area (Å²) >= 11 is 0. The second-order valence-corrected chi connectivity index (χ2v) is 4.30. The fraction of sp³-hybridized carbons (Fsp3) is 0.500. The van der Waals surface area contributed by atoms with E-state index in [1.54, 1.807) is 0 Å². The van der Waals surface area contributed by atoms with Crippen LogP contribution < -0.4 is 5.32 Å². The van der Waals surface area contributed by atoms with E-state index in [-0.39, 0.29) is 11.4 Å². The van der Waals surface area contributed by atoms with Crippen LogP contribution in [0.3, 0.4) is 0 Å². The van der Waals surface area contributed by atoms with Gasteiger partial charge in [-0.25, -0.2) is 14.2 Å². The molecule has 5 nitrogen and oxygen atoms in total. The van der Waals surface area contributed by atoms with Gasteiger partial charge in [-0.05, 0) is 24.8 Å². The van der Waals surface area contributed by atoms with E-state index in [0.717, 1.165) is 18.9 Å². The van der Waals surface area contributed by atoms with Gasteiger partial charge in [0.25, 0.3) is 0 Å². The van der Waals surface area contributed by atoms with Gasteiger partial charge < -0.3 is 15.2 Å². The van der Waals surface area contributed by atoms with Crippen LogP contribution in [0.5, 0.6) is 0 Å². The molecule has 1 aromatic heterocycles. The summed E-state index contributed by atoms with van der Waals surface area (Å²) in [7, 11) is 0. The predicted octanol–water partition coefficient (Wildman–Crippen LogP) is 1.76. The molecule has 0 atom stereocenters. The maximum atomic E-state index is 12.9. The monoisotopic (exact) mass is 254 g/mol. The van der Waals surface area contributed by atoms with E-state index in [1.165, 1.54) is 12.8 Å². The first-order valence-electron chi connectivity index (χ1n) is 5.87. The third-order valence-corrected chi connectivity index (χ3v) is 2.67. The number of rotatable bonds is 7. The first-order valence-corrected chi connectivity index (χ1v) is 5.87. The Bertz CT molecular complexity index is 435. The number of halogens is 1. The van der Waals surface area contributed by atoms with Crippen LogP contribution in [0.2, 0.25) is 0 Å². The van der Waals surface area contributed by atoms with Crippen molar-refractivity contribution < 1.29 is 19.0 Å². The van der Waals surface area contributed by atoms with Crippen molar-refractivity contribution in [2.24, 2.45) is 5.92 Å². The van der Waals surface area contributed by atoms with Gasteiger partial charge in [0.05, 0.1) is 12.8 Å². The molecule has 1 aliphatic rings. The molecule has 1 fully saturated rings. The number of nitrogens with zero attached hydrogens (tertiary/aromatic N) is 1. The number of carboxylic acid groups (broad SMARTS) is 1. The van der Waals surface area contributed by atoms with Gasteiger partial charge >= 0.3 is 5.97 Å². The predicted molar refractivity (Wildman–Crippen MR) is 63.2 cm³/mol. The molecule has 1 saturated carbocycles. The highest BCUT2D eigenvalue weighted by molar-refractivity contribution is 5.93. The van der Waals surface area contributed by atoms with E-state index >= 15 is 0 Å². The van der Waals surface area contributed by atoms with E-state index in [0.29, 0.717) is 19.1 Å². The number of ether oxygens (including phenoxy) is 1. The van der Waals surface area contributed by atoms with Crippen molar-refractivity contribution in [3.05, 3.63) is 23.6 Å². The summed E-state index contributed by atoms with van der Waals surface area (Å²) in [5, 5.41) is 11.7. The third kappa shape index (κ3) is 3.66. The number of aromatic nitrogens is 1. The van der Waals surface area contributed by atoms with Crippen molar-refractivity contribution in [3.8, 4) is 0 Å². The molecule has 0 saturated heterocycles. The van der Waals surface area contributed by atoms with Crippen LogP contribution in [-0.4, -0.2) is 35.8 Å². The summed E-state index contributed by atoms with van der Waals surface area (Å²) in [5.41, 5.74) is -0.169. The number of nitrogens with one attached hydrogen (secondary N) is 1. The van der Waals surface area contributed by atoms with Gasteiger partial charge in [0.15, 0.2) is 0 Å². The van der Waals surface area contributed by atoms with E-state index in [4.69, 9.17) is 9.84 Å². The molecule has 6 heteroatoms. The number of carbonyl (C=O) groups is 1. The zero-order valence-electron chi connectivity index (χ0n) is 9.86. The fourth-order valence-corrected chi connectivity index (χ4v) is 1.52. The highest BCUT2D eigenvalue weighted by atomic mass is 19.1. The van der Waals surface area contributed by atoms with Gasteiger partial charge in [-0.3, -0.25) is 0 Å².